The normalized spacial score (nSPS) is 21.4. The molecule has 2 aliphatic carbocycles. The van der Waals surface area contributed by atoms with Gasteiger partial charge in [-0.05, 0) is 0 Å². The zero-order chi connectivity index (χ0) is 23.1. The third-order valence-electron chi connectivity index (χ3n) is 9.41. The van der Waals surface area contributed by atoms with Crippen molar-refractivity contribution in [1.82, 2.24) is 0 Å². The molecule has 2 aliphatic heterocycles. The van der Waals surface area contributed by atoms with E-state index in [-0.39, 0.29) is 35.7 Å². The standard InChI is InChI=1S/2C13H15.C4H8Si2.2ClH.Zr/c2*1-9(2)12-6-4-5-11-7-10(3)8-13(11)12;1-2-6-4-3-5-1;;;/h2*4-9H,1-3H3;1-4H2;2*1H;/q;;;;;+2/p-2. The maximum Gasteiger partial charge on any atom is -1.00 e. The molecule has 2 atom stereocenters. The zero-order valence-corrected chi connectivity index (χ0v) is 28.0. The first-order valence-corrected chi connectivity index (χ1v) is 27.2. The van der Waals surface area contributed by atoms with Gasteiger partial charge in [-0.1, -0.05) is 0 Å². The Morgan fingerprint density at radius 3 is 1.37 bits per heavy atom. The second-order valence-corrected chi connectivity index (χ2v) is 46.4. The van der Waals surface area contributed by atoms with E-state index in [1.165, 1.54) is 0 Å². The van der Waals surface area contributed by atoms with Gasteiger partial charge in [-0.2, -0.15) is 0 Å². The van der Waals surface area contributed by atoms with Crippen molar-refractivity contribution in [1.29, 1.82) is 0 Å². The monoisotopic (exact) mass is 614 g/mol. The Bertz CT molecular complexity index is 1270. The summed E-state index contributed by atoms with van der Waals surface area (Å²) in [6, 6.07) is 21.4. The van der Waals surface area contributed by atoms with Crippen LogP contribution in [0, 0.1) is 0 Å². The SMILES string of the molecule is CC1=Cc2c(C(C)C)cccc2[CH]1[Zr+2]1([CH]2C(C)=Cc3c(C(C)C)cccc32)=[Si]2CC[Si]=1CC2.[Cl-].[Cl-]. The maximum absolute atomic E-state index is 2.66. The van der Waals surface area contributed by atoms with Crippen LogP contribution < -0.4 is 24.8 Å². The number of hydrogen-bond acceptors (Lipinski definition) is 0. The molecular weight excluding hydrogens is 579 g/mol. The van der Waals surface area contributed by atoms with E-state index in [1.54, 1.807) is 68.7 Å². The number of benzene rings is 2. The van der Waals surface area contributed by atoms with Gasteiger partial charge in [0.05, 0.1) is 0 Å². The Hall–Kier alpha value is -0.183. The van der Waals surface area contributed by atoms with Gasteiger partial charge in [0, 0.05) is 0 Å². The molecule has 2 bridgehead atoms. The van der Waals surface area contributed by atoms with E-state index in [4.69, 9.17) is 0 Å². The van der Waals surface area contributed by atoms with Crippen molar-refractivity contribution in [2.45, 2.75) is 84.8 Å². The first-order chi connectivity index (χ1) is 15.9. The summed E-state index contributed by atoms with van der Waals surface area (Å²) in [7, 11) is 0. The van der Waals surface area contributed by atoms with Crippen LogP contribution >= 0.6 is 0 Å². The molecule has 0 amide bonds. The van der Waals surface area contributed by atoms with Crippen molar-refractivity contribution in [3.63, 3.8) is 0 Å². The minimum atomic E-state index is -2.60. The van der Waals surface area contributed by atoms with Crippen LogP contribution in [-0.2, 0) is 17.5 Å². The van der Waals surface area contributed by atoms with Gasteiger partial charge in [0.1, 0.15) is 0 Å². The van der Waals surface area contributed by atoms with Gasteiger partial charge in [0.25, 0.3) is 0 Å². The van der Waals surface area contributed by atoms with Gasteiger partial charge in [-0.15, -0.1) is 0 Å². The van der Waals surface area contributed by atoms with Crippen molar-refractivity contribution < 1.29 is 42.3 Å². The number of allylic oxidation sites excluding steroid dienone is 2. The molecule has 35 heavy (non-hydrogen) atoms. The molecule has 0 saturated carbocycles. The fourth-order valence-corrected chi connectivity index (χ4v) is 91.6. The quantitative estimate of drug-likeness (QED) is 0.464. The molecule has 0 radical (unpaired) electrons. The molecule has 4 aliphatic rings. The van der Waals surface area contributed by atoms with Crippen LogP contribution in [0.4, 0.5) is 0 Å². The van der Waals surface area contributed by atoms with Crippen molar-refractivity contribution in [2.24, 2.45) is 0 Å². The van der Waals surface area contributed by atoms with E-state index < -0.39 is 17.5 Å². The van der Waals surface area contributed by atoms with E-state index in [0.717, 1.165) is 7.25 Å². The minimum absolute atomic E-state index is 0. The van der Waals surface area contributed by atoms with E-state index in [0.29, 0.717) is 11.8 Å². The number of rotatable bonds is 4. The largest absolute Gasteiger partial charge is 1.00 e. The molecule has 5 heteroatoms. The smallest absolute Gasteiger partial charge is 1.00 e. The topological polar surface area (TPSA) is 0 Å². The molecule has 184 valence electrons. The summed E-state index contributed by atoms with van der Waals surface area (Å²) in [5.41, 5.74) is 13.2. The van der Waals surface area contributed by atoms with Crippen molar-refractivity contribution in [3.8, 4) is 0 Å². The molecule has 0 fully saturated rings. The number of hydrogen-bond donors (Lipinski definition) is 0. The molecule has 0 aromatic heterocycles. The first-order valence-electron chi connectivity index (χ1n) is 13.2. The predicted molar refractivity (Wildman–Crippen MR) is 145 cm³/mol. The molecule has 0 N–H and O–H groups in total. The van der Waals surface area contributed by atoms with E-state index >= 15 is 0 Å². The van der Waals surface area contributed by atoms with Crippen molar-refractivity contribution >= 4 is 23.0 Å². The van der Waals surface area contributed by atoms with Gasteiger partial charge < -0.3 is 24.8 Å². The molecule has 0 nitrogen and oxygen atoms in total. The molecule has 2 heterocycles. The van der Waals surface area contributed by atoms with Crippen molar-refractivity contribution in [3.05, 3.63) is 80.9 Å². The Morgan fingerprint density at radius 1 is 0.657 bits per heavy atom. The van der Waals surface area contributed by atoms with Crippen LogP contribution in [-0.4, -0.2) is 10.9 Å². The van der Waals surface area contributed by atoms with Crippen LogP contribution in [0.1, 0.15) is 94.0 Å². The second-order valence-electron chi connectivity index (χ2n) is 11.7. The summed E-state index contributed by atoms with van der Waals surface area (Å²) in [6.45, 7) is 14.6. The summed E-state index contributed by atoms with van der Waals surface area (Å²) in [5.74, 6) is 1.22. The molecule has 2 aromatic rings. The van der Waals surface area contributed by atoms with Crippen LogP contribution in [0.5, 0.6) is 0 Å². The molecule has 2 aromatic carbocycles. The van der Waals surface area contributed by atoms with Crippen LogP contribution in [0.15, 0.2) is 47.5 Å². The molecule has 2 unspecified atom stereocenters. The summed E-state index contributed by atoms with van der Waals surface area (Å²) in [4.78, 5) is 0. The Morgan fingerprint density at radius 2 is 1.03 bits per heavy atom. The number of halogens is 2. The fourth-order valence-electron chi connectivity index (χ4n) is 8.28. The second kappa shape index (κ2) is 10.2. The molecule has 6 rings (SSSR count). The summed E-state index contributed by atoms with van der Waals surface area (Å²) in [6.07, 6.45) is 5.33. The van der Waals surface area contributed by atoms with Crippen LogP contribution in [0.3, 0.4) is 0 Å². The third kappa shape index (κ3) is 3.89. The summed E-state index contributed by atoms with van der Waals surface area (Å²) < 4.78 is 1.73. The van der Waals surface area contributed by atoms with Crippen LogP contribution in [0.2, 0.25) is 24.2 Å². The maximum atomic E-state index is 2.66. The Labute approximate surface area is 229 Å². The zero-order valence-electron chi connectivity index (χ0n) is 22.0. The first kappa shape index (κ1) is 27.8. The average Bonchev–Trinajstić information content (AvgIpc) is 3.50. The Balaban J connectivity index is 0.00000144. The van der Waals surface area contributed by atoms with E-state index in [9.17, 15) is 0 Å². The fraction of sp³-hybridized carbons (Fsp3) is 0.467. The van der Waals surface area contributed by atoms with Crippen molar-refractivity contribution in [2.75, 3.05) is 0 Å². The van der Waals surface area contributed by atoms with Gasteiger partial charge in [-0.3, -0.25) is 0 Å². The number of fused-ring (bicyclic) bond motifs is 2. The van der Waals surface area contributed by atoms with Crippen LogP contribution in [0.25, 0.3) is 12.2 Å². The van der Waals surface area contributed by atoms with E-state index in [2.05, 4.69) is 90.1 Å². The predicted octanol–water partition coefficient (Wildman–Crippen LogP) is 2.72. The average molecular weight is 617 g/mol. The molecule has 0 saturated heterocycles. The van der Waals surface area contributed by atoms with Gasteiger partial charge in [0.15, 0.2) is 0 Å². The van der Waals surface area contributed by atoms with Gasteiger partial charge in [0.2, 0.25) is 0 Å². The molecular formula is C30H38Cl2Si2Zr. The Kier molecular flexibility index (Phi) is 8.10. The van der Waals surface area contributed by atoms with Gasteiger partial charge in [-0.25, -0.2) is 0 Å². The van der Waals surface area contributed by atoms with Gasteiger partial charge >= 0.3 is 206 Å². The minimum Gasteiger partial charge on any atom is -1.00 e. The summed E-state index contributed by atoms with van der Waals surface area (Å²) in [5, 5.41) is 0. The van der Waals surface area contributed by atoms with E-state index in [1.807, 2.05) is 0 Å². The third-order valence-corrected chi connectivity index (χ3v) is 68.4. The molecule has 0 spiro atoms. The summed E-state index contributed by atoms with van der Waals surface area (Å²) >= 11 is -2.60.